The van der Waals surface area contributed by atoms with Crippen molar-refractivity contribution >= 4 is 5.91 Å². The zero-order chi connectivity index (χ0) is 13.3. The molecule has 1 heterocycles. The van der Waals surface area contributed by atoms with Gasteiger partial charge in [-0.25, -0.2) is 0 Å². The van der Waals surface area contributed by atoms with Crippen LogP contribution in [0.5, 0.6) is 0 Å². The molecule has 0 atom stereocenters. The summed E-state index contributed by atoms with van der Waals surface area (Å²) in [6, 6.07) is 2.09. The van der Waals surface area contributed by atoms with E-state index in [9.17, 15) is 18.0 Å². The fourth-order valence-electron chi connectivity index (χ4n) is 1.72. The Morgan fingerprint density at radius 3 is 2.00 bits per heavy atom. The number of nitrogens with zero attached hydrogens (tertiary/aromatic N) is 3. The first-order valence-electron chi connectivity index (χ1n) is 5.21. The van der Waals surface area contributed by atoms with Crippen LogP contribution in [0.3, 0.4) is 0 Å². The van der Waals surface area contributed by atoms with Crippen LogP contribution in [0, 0.1) is 11.3 Å². The van der Waals surface area contributed by atoms with Gasteiger partial charge >= 0.3 is 12.1 Å². The number of amides is 1. The monoisotopic (exact) mass is 249 g/mol. The lowest BCUT2D eigenvalue weighted by Crippen LogP contribution is -2.57. The maximum Gasteiger partial charge on any atom is 0.471 e. The van der Waals surface area contributed by atoms with Gasteiger partial charge in [0.05, 0.1) is 6.07 Å². The molecular formula is C10H14F3N3O. The molecule has 0 N–H and O–H groups in total. The largest absolute Gasteiger partial charge is 0.471 e. The topological polar surface area (TPSA) is 47.3 Å². The summed E-state index contributed by atoms with van der Waals surface area (Å²) in [5.41, 5.74) is -0.715. The van der Waals surface area contributed by atoms with Gasteiger partial charge in [0.25, 0.3) is 0 Å². The summed E-state index contributed by atoms with van der Waals surface area (Å²) in [6.45, 7) is 3.97. The minimum absolute atomic E-state index is 0.00343. The average Bonchev–Trinajstić information content (AvgIpc) is 2.27. The van der Waals surface area contributed by atoms with E-state index in [1.165, 1.54) is 0 Å². The number of hydrogen-bond acceptors (Lipinski definition) is 3. The van der Waals surface area contributed by atoms with Crippen molar-refractivity contribution in [1.29, 1.82) is 5.26 Å². The molecule has 96 valence electrons. The van der Waals surface area contributed by atoms with Crippen molar-refractivity contribution in [1.82, 2.24) is 9.80 Å². The second kappa shape index (κ2) is 4.53. The van der Waals surface area contributed by atoms with Gasteiger partial charge in [-0.2, -0.15) is 18.4 Å². The van der Waals surface area contributed by atoms with E-state index in [0.29, 0.717) is 0 Å². The Hall–Kier alpha value is -1.29. The molecule has 0 saturated carbocycles. The summed E-state index contributed by atoms with van der Waals surface area (Å²) in [6.07, 6.45) is -4.81. The molecule has 1 fully saturated rings. The first-order valence-corrected chi connectivity index (χ1v) is 5.21. The Morgan fingerprint density at radius 1 is 1.18 bits per heavy atom. The molecule has 0 aromatic heterocycles. The summed E-state index contributed by atoms with van der Waals surface area (Å²) in [5.74, 6) is -1.80. The van der Waals surface area contributed by atoms with Gasteiger partial charge in [-0.1, -0.05) is 0 Å². The molecule has 0 spiro atoms. The molecule has 0 unspecified atom stereocenters. The van der Waals surface area contributed by atoms with Crippen LogP contribution in [0.4, 0.5) is 13.2 Å². The lowest BCUT2D eigenvalue weighted by Gasteiger charge is -2.40. The summed E-state index contributed by atoms with van der Waals surface area (Å²) in [7, 11) is 0. The second-order valence-corrected chi connectivity index (χ2v) is 4.45. The van der Waals surface area contributed by atoms with Crippen LogP contribution < -0.4 is 0 Å². The van der Waals surface area contributed by atoms with E-state index in [2.05, 4.69) is 6.07 Å². The van der Waals surface area contributed by atoms with E-state index in [-0.39, 0.29) is 26.2 Å². The van der Waals surface area contributed by atoms with Gasteiger partial charge in [0.2, 0.25) is 0 Å². The number of halogens is 3. The van der Waals surface area contributed by atoms with E-state index in [0.717, 1.165) is 4.90 Å². The highest BCUT2D eigenvalue weighted by Gasteiger charge is 2.44. The predicted molar refractivity (Wildman–Crippen MR) is 53.9 cm³/mol. The standard InChI is InChI=1S/C10H14F3N3O/c1-9(2,7-14)16-5-3-15(4-6-16)8(17)10(11,12)13/h3-6H2,1-2H3. The van der Waals surface area contributed by atoms with Crippen LogP contribution in [0.15, 0.2) is 0 Å². The molecule has 1 aliphatic rings. The number of alkyl halides is 3. The van der Waals surface area contributed by atoms with Crippen molar-refractivity contribution in [2.45, 2.75) is 25.6 Å². The van der Waals surface area contributed by atoms with Gasteiger partial charge in [-0.15, -0.1) is 0 Å². The molecule has 1 rings (SSSR count). The Labute approximate surface area is 97.6 Å². The van der Waals surface area contributed by atoms with E-state index >= 15 is 0 Å². The van der Waals surface area contributed by atoms with Crippen LogP contribution in [-0.2, 0) is 4.79 Å². The SMILES string of the molecule is CC(C)(C#N)N1CCN(C(=O)C(F)(F)F)CC1. The number of rotatable bonds is 1. The maximum absolute atomic E-state index is 12.2. The summed E-state index contributed by atoms with van der Waals surface area (Å²) in [5, 5.41) is 8.90. The van der Waals surface area contributed by atoms with Crippen molar-refractivity contribution in [3.8, 4) is 6.07 Å². The minimum atomic E-state index is -4.81. The van der Waals surface area contributed by atoms with Crippen LogP contribution in [0.2, 0.25) is 0 Å². The third kappa shape index (κ3) is 3.09. The van der Waals surface area contributed by atoms with Crippen LogP contribution in [-0.4, -0.2) is 53.6 Å². The quantitative estimate of drug-likeness (QED) is 0.696. The molecule has 1 amide bonds. The number of hydrogen-bond donors (Lipinski definition) is 0. The first-order chi connectivity index (χ1) is 7.68. The van der Waals surface area contributed by atoms with E-state index < -0.39 is 17.6 Å². The van der Waals surface area contributed by atoms with Crippen molar-refractivity contribution in [2.75, 3.05) is 26.2 Å². The smallest absolute Gasteiger partial charge is 0.332 e. The molecule has 0 aliphatic carbocycles. The molecule has 17 heavy (non-hydrogen) atoms. The minimum Gasteiger partial charge on any atom is -0.332 e. The lowest BCUT2D eigenvalue weighted by atomic mass is 10.0. The zero-order valence-electron chi connectivity index (χ0n) is 9.71. The van der Waals surface area contributed by atoms with Crippen molar-refractivity contribution in [3.63, 3.8) is 0 Å². The zero-order valence-corrected chi connectivity index (χ0v) is 9.71. The van der Waals surface area contributed by atoms with Crippen LogP contribution >= 0.6 is 0 Å². The first kappa shape index (κ1) is 13.8. The Kier molecular flexibility index (Phi) is 3.67. The average molecular weight is 249 g/mol. The molecular weight excluding hydrogens is 235 g/mol. The van der Waals surface area contributed by atoms with Gasteiger partial charge < -0.3 is 4.90 Å². The number of carbonyl (C=O) groups excluding carboxylic acids is 1. The van der Waals surface area contributed by atoms with E-state index in [4.69, 9.17) is 5.26 Å². The van der Waals surface area contributed by atoms with E-state index in [1.54, 1.807) is 18.7 Å². The molecule has 4 nitrogen and oxygen atoms in total. The number of piperazine rings is 1. The fraction of sp³-hybridized carbons (Fsp3) is 0.800. The Balaban J connectivity index is 2.59. The van der Waals surface area contributed by atoms with Crippen molar-refractivity contribution in [2.24, 2.45) is 0 Å². The number of carbonyl (C=O) groups is 1. The normalized spacial score (nSPS) is 18.9. The molecule has 1 saturated heterocycles. The van der Waals surface area contributed by atoms with E-state index in [1.807, 2.05) is 0 Å². The van der Waals surface area contributed by atoms with Gasteiger partial charge in [-0.05, 0) is 13.8 Å². The second-order valence-electron chi connectivity index (χ2n) is 4.45. The van der Waals surface area contributed by atoms with Gasteiger partial charge in [0.15, 0.2) is 0 Å². The highest BCUT2D eigenvalue weighted by molar-refractivity contribution is 5.81. The molecule has 0 aromatic carbocycles. The molecule has 1 aliphatic heterocycles. The summed E-state index contributed by atoms with van der Waals surface area (Å²) >= 11 is 0. The molecule has 7 heteroatoms. The Bertz CT molecular complexity index is 338. The van der Waals surface area contributed by atoms with Gasteiger partial charge in [0, 0.05) is 26.2 Å². The van der Waals surface area contributed by atoms with Gasteiger partial charge in [0.1, 0.15) is 5.54 Å². The lowest BCUT2D eigenvalue weighted by molar-refractivity contribution is -0.187. The summed E-state index contributed by atoms with van der Waals surface area (Å²) in [4.78, 5) is 13.5. The van der Waals surface area contributed by atoms with Crippen LogP contribution in [0.1, 0.15) is 13.8 Å². The maximum atomic E-state index is 12.2. The summed E-state index contributed by atoms with van der Waals surface area (Å²) < 4.78 is 36.5. The Morgan fingerprint density at radius 2 is 1.65 bits per heavy atom. The highest BCUT2D eigenvalue weighted by atomic mass is 19.4. The number of nitriles is 1. The predicted octanol–water partition coefficient (Wildman–Crippen LogP) is 0.995. The fourth-order valence-corrected chi connectivity index (χ4v) is 1.72. The molecule has 0 bridgehead atoms. The highest BCUT2D eigenvalue weighted by Crippen LogP contribution is 2.21. The van der Waals surface area contributed by atoms with Crippen molar-refractivity contribution in [3.05, 3.63) is 0 Å². The van der Waals surface area contributed by atoms with Crippen molar-refractivity contribution < 1.29 is 18.0 Å². The van der Waals surface area contributed by atoms with Crippen LogP contribution in [0.25, 0.3) is 0 Å². The molecule has 0 radical (unpaired) electrons. The third-order valence-corrected chi connectivity index (χ3v) is 2.87. The third-order valence-electron chi connectivity index (χ3n) is 2.87. The van der Waals surface area contributed by atoms with Gasteiger partial charge in [-0.3, -0.25) is 9.69 Å². The molecule has 0 aromatic rings.